The van der Waals surface area contributed by atoms with Gasteiger partial charge in [0, 0.05) is 6.20 Å². The average Bonchev–Trinajstić information content (AvgIpc) is 2.39. The van der Waals surface area contributed by atoms with E-state index < -0.39 is 0 Å². The number of anilines is 1. The molecule has 1 aromatic carbocycles. The summed E-state index contributed by atoms with van der Waals surface area (Å²) in [5.41, 5.74) is 0.997. The average molecular weight is 249 g/mol. The highest BCUT2D eigenvalue weighted by Crippen LogP contribution is 2.23. The molecule has 2 N–H and O–H groups in total. The van der Waals surface area contributed by atoms with Gasteiger partial charge >= 0.3 is 0 Å². The Morgan fingerprint density at radius 1 is 1.18 bits per heavy atom. The quantitative estimate of drug-likeness (QED) is 0.875. The van der Waals surface area contributed by atoms with Crippen molar-refractivity contribution in [3.8, 4) is 0 Å². The molecule has 17 heavy (non-hydrogen) atoms. The number of halogens is 1. The van der Waals surface area contributed by atoms with Gasteiger partial charge in [-0.15, -0.1) is 0 Å². The van der Waals surface area contributed by atoms with Gasteiger partial charge in [0.05, 0.1) is 17.7 Å². The highest BCUT2D eigenvalue weighted by Gasteiger charge is 2.11. The van der Waals surface area contributed by atoms with Crippen LogP contribution in [0.25, 0.3) is 0 Å². The van der Waals surface area contributed by atoms with E-state index in [-0.39, 0.29) is 12.6 Å². The first-order valence-electron chi connectivity index (χ1n) is 5.34. The van der Waals surface area contributed by atoms with Crippen molar-refractivity contribution in [1.82, 2.24) is 4.98 Å². The maximum absolute atomic E-state index is 9.40. The Bertz CT molecular complexity index is 476. The molecule has 0 fully saturated rings. The van der Waals surface area contributed by atoms with Crippen molar-refractivity contribution in [2.45, 2.75) is 6.04 Å². The first-order valence-corrected chi connectivity index (χ1v) is 5.72. The number of aromatic nitrogens is 1. The summed E-state index contributed by atoms with van der Waals surface area (Å²) in [6, 6.07) is 13.0. The maximum atomic E-state index is 9.40. The van der Waals surface area contributed by atoms with Crippen LogP contribution < -0.4 is 5.32 Å². The molecule has 2 aromatic rings. The summed E-state index contributed by atoms with van der Waals surface area (Å²) >= 11 is 6.01. The zero-order chi connectivity index (χ0) is 12.1. The van der Waals surface area contributed by atoms with E-state index >= 15 is 0 Å². The molecule has 0 bridgehead atoms. The highest BCUT2D eigenvalue weighted by molar-refractivity contribution is 6.32. The van der Waals surface area contributed by atoms with Crippen molar-refractivity contribution in [3.05, 3.63) is 59.2 Å². The predicted molar refractivity (Wildman–Crippen MR) is 69.1 cm³/mol. The van der Waals surface area contributed by atoms with E-state index in [2.05, 4.69) is 10.3 Å². The number of aliphatic hydroxyl groups is 1. The summed E-state index contributed by atoms with van der Waals surface area (Å²) in [4.78, 5) is 4.14. The Morgan fingerprint density at radius 3 is 2.59 bits per heavy atom. The van der Waals surface area contributed by atoms with Crippen LogP contribution in [0.3, 0.4) is 0 Å². The summed E-state index contributed by atoms with van der Waals surface area (Å²) in [5.74, 6) is 0.581. The summed E-state index contributed by atoms with van der Waals surface area (Å²) in [6.07, 6.45) is 1.66. The van der Waals surface area contributed by atoms with Crippen LogP contribution in [-0.4, -0.2) is 16.7 Å². The monoisotopic (exact) mass is 248 g/mol. The van der Waals surface area contributed by atoms with Gasteiger partial charge in [0.1, 0.15) is 5.82 Å². The predicted octanol–water partition coefficient (Wildman–Crippen LogP) is 2.88. The SMILES string of the molecule is OCC(Nc1ncccc1Cl)c1ccccc1. The number of nitrogens with zero attached hydrogens (tertiary/aromatic N) is 1. The molecule has 0 amide bonds. The van der Waals surface area contributed by atoms with Crippen molar-refractivity contribution in [2.24, 2.45) is 0 Å². The van der Waals surface area contributed by atoms with E-state index in [9.17, 15) is 5.11 Å². The molecule has 2 rings (SSSR count). The van der Waals surface area contributed by atoms with Gasteiger partial charge in [-0.25, -0.2) is 4.98 Å². The first kappa shape index (κ1) is 11.9. The topological polar surface area (TPSA) is 45.1 Å². The van der Waals surface area contributed by atoms with E-state index in [1.807, 2.05) is 30.3 Å². The van der Waals surface area contributed by atoms with E-state index in [1.165, 1.54) is 0 Å². The number of hydrogen-bond acceptors (Lipinski definition) is 3. The molecular formula is C13H13ClN2O. The third-order valence-electron chi connectivity index (χ3n) is 2.45. The number of hydrogen-bond donors (Lipinski definition) is 2. The standard InChI is InChI=1S/C13H13ClN2O/c14-11-7-4-8-15-13(11)16-12(9-17)10-5-2-1-3-6-10/h1-8,12,17H,9H2,(H,15,16). The molecule has 88 valence electrons. The molecule has 0 saturated heterocycles. The minimum atomic E-state index is -0.205. The maximum Gasteiger partial charge on any atom is 0.145 e. The van der Waals surface area contributed by atoms with Gasteiger partial charge in [0.15, 0.2) is 0 Å². The van der Waals surface area contributed by atoms with Crippen LogP contribution in [-0.2, 0) is 0 Å². The molecule has 0 saturated carbocycles. The fourth-order valence-corrected chi connectivity index (χ4v) is 1.75. The van der Waals surface area contributed by atoms with Crippen LogP contribution in [0.1, 0.15) is 11.6 Å². The van der Waals surface area contributed by atoms with E-state index in [1.54, 1.807) is 18.3 Å². The number of aliphatic hydroxyl groups excluding tert-OH is 1. The minimum Gasteiger partial charge on any atom is -0.394 e. The van der Waals surface area contributed by atoms with E-state index in [0.29, 0.717) is 10.8 Å². The second-order valence-corrected chi connectivity index (χ2v) is 4.03. The molecule has 0 aliphatic heterocycles. The zero-order valence-corrected chi connectivity index (χ0v) is 9.93. The molecule has 0 spiro atoms. The van der Waals surface area contributed by atoms with Crippen molar-refractivity contribution >= 4 is 17.4 Å². The smallest absolute Gasteiger partial charge is 0.145 e. The Balaban J connectivity index is 2.19. The second-order valence-electron chi connectivity index (χ2n) is 3.62. The van der Waals surface area contributed by atoms with Crippen molar-refractivity contribution in [2.75, 3.05) is 11.9 Å². The van der Waals surface area contributed by atoms with Crippen LogP contribution in [0.15, 0.2) is 48.7 Å². The summed E-state index contributed by atoms with van der Waals surface area (Å²) in [5, 5.41) is 13.1. The molecule has 4 heteroatoms. The van der Waals surface area contributed by atoms with Crippen molar-refractivity contribution in [1.29, 1.82) is 0 Å². The van der Waals surface area contributed by atoms with Gasteiger partial charge in [0.2, 0.25) is 0 Å². The third kappa shape index (κ3) is 2.96. The first-order chi connectivity index (χ1) is 8.31. The van der Waals surface area contributed by atoms with Gasteiger partial charge < -0.3 is 10.4 Å². The lowest BCUT2D eigenvalue weighted by molar-refractivity contribution is 0.276. The largest absolute Gasteiger partial charge is 0.394 e. The van der Waals surface area contributed by atoms with Crippen LogP contribution in [0, 0.1) is 0 Å². The van der Waals surface area contributed by atoms with Gasteiger partial charge in [-0.1, -0.05) is 41.9 Å². The third-order valence-corrected chi connectivity index (χ3v) is 2.76. The molecule has 0 aliphatic carbocycles. The minimum absolute atomic E-state index is 0.0169. The van der Waals surface area contributed by atoms with Crippen molar-refractivity contribution in [3.63, 3.8) is 0 Å². The van der Waals surface area contributed by atoms with Gasteiger partial charge in [-0.3, -0.25) is 0 Å². The normalized spacial score (nSPS) is 12.1. The lowest BCUT2D eigenvalue weighted by atomic mass is 10.1. The molecule has 0 radical (unpaired) electrons. The van der Waals surface area contributed by atoms with E-state index in [4.69, 9.17) is 11.6 Å². The molecule has 0 aliphatic rings. The lowest BCUT2D eigenvalue weighted by Gasteiger charge is -2.17. The fourth-order valence-electron chi connectivity index (χ4n) is 1.58. The summed E-state index contributed by atoms with van der Waals surface area (Å²) in [6.45, 7) is -0.0169. The molecular weight excluding hydrogens is 236 g/mol. The number of benzene rings is 1. The number of pyridine rings is 1. The van der Waals surface area contributed by atoms with Gasteiger partial charge in [0.25, 0.3) is 0 Å². The number of rotatable bonds is 4. The van der Waals surface area contributed by atoms with Crippen LogP contribution in [0.2, 0.25) is 5.02 Å². The number of nitrogens with one attached hydrogen (secondary N) is 1. The fraction of sp³-hybridized carbons (Fsp3) is 0.154. The van der Waals surface area contributed by atoms with Crippen molar-refractivity contribution < 1.29 is 5.11 Å². The molecule has 1 aromatic heterocycles. The van der Waals surface area contributed by atoms with Crippen LogP contribution in [0.4, 0.5) is 5.82 Å². The lowest BCUT2D eigenvalue weighted by Crippen LogP contribution is -2.15. The zero-order valence-electron chi connectivity index (χ0n) is 9.18. The Morgan fingerprint density at radius 2 is 1.94 bits per heavy atom. The molecule has 1 unspecified atom stereocenters. The Labute approximate surface area is 105 Å². The van der Waals surface area contributed by atoms with Gasteiger partial charge in [-0.2, -0.15) is 0 Å². The molecule has 1 heterocycles. The van der Waals surface area contributed by atoms with Crippen LogP contribution in [0.5, 0.6) is 0 Å². The Kier molecular flexibility index (Phi) is 3.96. The Hall–Kier alpha value is -1.58. The summed E-state index contributed by atoms with van der Waals surface area (Å²) in [7, 11) is 0. The molecule has 1 atom stereocenters. The molecule has 3 nitrogen and oxygen atoms in total. The highest BCUT2D eigenvalue weighted by atomic mass is 35.5. The van der Waals surface area contributed by atoms with Crippen LogP contribution >= 0.6 is 11.6 Å². The summed E-state index contributed by atoms with van der Waals surface area (Å²) < 4.78 is 0. The van der Waals surface area contributed by atoms with E-state index in [0.717, 1.165) is 5.56 Å². The van der Waals surface area contributed by atoms with Gasteiger partial charge in [-0.05, 0) is 17.7 Å². The second kappa shape index (κ2) is 5.66.